The summed E-state index contributed by atoms with van der Waals surface area (Å²) in [6, 6.07) is 9.80. The van der Waals surface area contributed by atoms with Crippen LogP contribution in [0.25, 0.3) is 22.5 Å². The van der Waals surface area contributed by atoms with E-state index in [9.17, 15) is 45.5 Å². The molecule has 80 heavy (non-hydrogen) atoms. The fraction of sp³-hybridized carbons (Fsp3) is 0.382. The predicted octanol–water partition coefficient (Wildman–Crippen LogP) is 11.1. The zero-order valence-corrected chi connectivity index (χ0v) is 43.9. The number of piperidine rings is 2. The highest BCUT2D eigenvalue weighted by atomic mass is 19.2. The largest absolute Gasteiger partial charge is 0.477 e. The summed E-state index contributed by atoms with van der Waals surface area (Å²) in [5.74, 6) is -7.16. The molecule has 8 rings (SSSR count). The first-order valence-corrected chi connectivity index (χ1v) is 24.7. The Morgan fingerprint density at radius 1 is 0.613 bits per heavy atom. The summed E-state index contributed by atoms with van der Waals surface area (Å²) >= 11 is 0. The maximum atomic E-state index is 14.4. The highest BCUT2D eigenvalue weighted by molar-refractivity contribution is 6.03. The number of hydrogen-bond acceptors (Lipinski definition) is 15. The third-order valence-corrected chi connectivity index (χ3v) is 11.6. The summed E-state index contributed by atoms with van der Waals surface area (Å²) in [5.41, 5.74) is 1.88. The number of hydrogen-bond donors (Lipinski definition) is 3. The molecule has 0 radical (unpaired) electrons. The number of carbonyl (C=O) groups excluding carboxylic acids is 3. The maximum Gasteiger partial charge on any atom is 0.410 e. The van der Waals surface area contributed by atoms with Gasteiger partial charge in [0.2, 0.25) is 11.8 Å². The number of aromatic carboxylic acids is 1. The van der Waals surface area contributed by atoms with Crippen molar-refractivity contribution in [1.29, 1.82) is 0 Å². The van der Waals surface area contributed by atoms with Gasteiger partial charge in [0, 0.05) is 27.6 Å². The monoisotopic (exact) mass is 1120 g/mol. The topological polar surface area (TPSA) is 247 Å². The Hall–Kier alpha value is -8.64. The van der Waals surface area contributed by atoms with E-state index in [4.69, 9.17) is 29.8 Å². The minimum absolute atomic E-state index is 0. The average Bonchev–Trinajstić information content (AvgIpc) is 3.38. The Morgan fingerprint density at radius 2 is 1.01 bits per heavy atom. The Kier molecular flexibility index (Phi) is 21.6. The molecule has 4 aromatic heterocycles. The molecule has 3 amide bonds. The van der Waals surface area contributed by atoms with E-state index >= 15 is 0 Å². The average molecular weight is 1120 g/mol. The van der Waals surface area contributed by atoms with Gasteiger partial charge in [0.1, 0.15) is 92.9 Å². The van der Waals surface area contributed by atoms with Crippen LogP contribution in [0.15, 0.2) is 85.7 Å². The fourth-order valence-electron chi connectivity index (χ4n) is 7.69. The second-order valence-corrected chi connectivity index (χ2v) is 20.0. The molecule has 6 heterocycles. The number of nitrogen functional groups attached to an aromatic ring is 1. The quantitative estimate of drug-likeness (QED) is 0.102. The van der Waals surface area contributed by atoms with Gasteiger partial charge in [-0.25, -0.2) is 65.6 Å². The first-order chi connectivity index (χ1) is 37.4. The van der Waals surface area contributed by atoms with Gasteiger partial charge in [-0.1, -0.05) is 19.6 Å². The number of pyridine rings is 2. The SMILES string of the molecule is C.CC(C)(C)OC(=O)N1CCC(COc2ncncc2N)CC1.CC(C)(C)OC(=O)N1CCC(COc2ncncc2NC(=O)c2ccc(F)c(-c3c(F)cccc3F)n2)CC1.O=C(O)c1ccc(F)c(-c2c(F)cccc2F)n1.[2HH]. The molecule has 25 heteroatoms. The summed E-state index contributed by atoms with van der Waals surface area (Å²) in [5, 5.41) is 11.3. The molecule has 2 aromatic carbocycles. The Morgan fingerprint density at radius 3 is 1.44 bits per heavy atom. The van der Waals surface area contributed by atoms with E-state index in [1.54, 1.807) is 9.80 Å². The number of carbonyl (C=O) groups is 4. The molecule has 0 spiro atoms. The maximum absolute atomic E-state index is 14.4. The van der Waals surface area contributed by atoms with Gasteiger partial charge in [-0.15, -0.1) is 0 Å². The number of carboxylic acid groups (broad SMARTS) is 1. The number of benzene rings is 2. The number of anilines is 2. The number of nitrogens with one attached hydrogen (secondary N) is 1. The molecule has 2 fully saturated rings. The molecular formula is C55H64F6N10O9. The lowest BCUT2D eigenvalue weighted by atomic mass is 9.98. The third kappa shape index (κ3) is 17.7. The van der Waals surface area contributed by atoms with Crippen LogP contribution in [0.1, 0.15) is 97.1 Å². The highest BCUT2D eigenvalue weighted by Gasteiger charge is 2.30. The van der Waals surface area contributed by atoms with E-state index in [0.29, 0.717) is 63.1 Å². The van der Waals surface area contributed by atoms with Crippen LogP contribution in [-0.2, 0) is 9.47 Å². The van der Waals surface area contributed by atoms with Crippen LogP contribution < -0.4 is 20.5 Å². The number of likely N-dealkylation sites (tertiary alicyclic amines) is 2. The molecule has 4 N–H and O–H groups in total. The zero-order chi connectivity index (χ0) is 57.6. The van der Waals surface area contributed by atoms with E-state index in [0.717, 1.165) is 73.5 Å². The molecule has 0 aliphatic carbocycles. The number of carboxylic acids is 1. The normalized spacial score (nSPS) is 13.8. The molecule has 0 atom stereocenters. The fourth-order valence-corrected chi connectivity index (χ4v) is 7.69. The lowest BCUT2D eigenvalue weighted by molar-refractivity contribution is 0.0155. The summed E-state index contributed by atoms with van der Waals surface area (Å²) in [7, 11) is 0. The van der Waals surface area contributed by atoms with Gasteiger partial charge in [0.05, 0.1) is 36.7 Å². The van der Waals surface area contributed by atoms with Crippen LogP contribution in [0.3, 0.4) is 0 Å². The highest BCUT2D eigenvalue weighted by Crippen LogP contribution is 2.30. The second-order valence-electron chi connectivity index (χ2n) is 20.0. The molecule has 0 unspecified atom stereocenters. The summed E-state index contributed by atoms with van der Waals surface area (Å²) in [6.45, 7) is 14.3. The molecular weight excluding hydrogens is 1060 g/mol. The van der Waals surface area contributed by atoms with Crippen molar-refractivity contribution in [2.45, 2.75) is 85.9 Å². The molecule has 0 bridgehead atoms. The number of aromatic nitrogens is 6. The van der Waals surface area contributed by atoms with Crippen molar-refractivity contribution < 1.29 is 71.0 Å². The smallest absolute Gasteiger partial charge is 0.410 e. The van der Waals surface area contributed by atoms with Crippen LogP contribution in [-0.4, -0.2) is 119 Å². The van der Waals surface area contributed by atoms with Crippen LogP contribution in [0.2, 0.25) is 0 Å². The van der Waals surface area contributed by atoms with Crippen molar-refractivity contribution >= 4 is 35.4 Å². The Labute approximate surface area is 459 Å². The minimum Gasteiger partial charge on any atom is -0.477 e. The zero-order valence-electron chi connectivity index (χ0n) is 43.9. The molecule has 2 aliphatic heterocycles. The summed E-state index contributed by atoms with van der Waals surface area (Å²) < 4.78 is 105. The number of nitrogens with two attached hydrogens (primary N) is 1. The van der Waals surface area contributed by atoms with Crippen molar-refractivity contribution in [3.8, 4) is 34.3 Å². The molecule has 0 saturated carbocycles. The first-order valence-electron chi connectivity index (χ1n) is 24.7. The second kappa shape index (κ2) is 27.8. The van der Waals surface area contributed by atoms with Crippen molar-refractivity contribution in [1.82, 2.24) is 39.7 Å². The van der Waals surface area contributed by atoms with E-state index in [2.05, 4.69) is 35.2 Å². The molecule has 2 aliphatic rings. The standard InChI is InChI=1S/C27H28F3N5O4.C15H24N4O3.C12H6F3NO2.CH4.H2/c1-27(2,3)39-26(37)35-11-9-16(10-12-35)14-38-25-21(13-31-15-32-25)34-24(36)20-8-7-19(30)23(33-20)22-17(28)5-4-6-18(22)29;1-15(2,3)22-14(20)19-6-4-11(5-7-19)9-21-13-12(16)8-17-10-18-13;13-6-2-1-3-7(14)10(6)11-8(15)4-5-9(16-11)12(17)18;;/h4-8,13,15-16H,9-12,14H2,1-3H3,(H,34,36);8,10-11H,4-7,9,16H2,1-3H3;1-5H,(H,17,18);1H4;1H/i;;;;1+1. The van der Waals surface area contributed by atoms with Crippen molar-refractivity contribution in [2.24, 2.45) is 11.8 Å². The number of amides is 3. The lowest BCUT2D eigenvalue weighted by Crippen LogP contribution is -2.42. The van der Waals surface area contributed by atoms with Gasteiger partial charge in [0.15, 0.2) is 0 Å². The number of ether oxygens (including phenoxy) is 4. The van der Waals surface area contributed by atoms with Gasteiger partial charge in [-0.2, -0.15) is 4.98 Å². The molecule has 19 nitrogen and oxygen atoms in total. The van der Waals surface area contributed by atoms with Crippen LogP contribution in [0, 0.1) is 46.7 Å². The number of halogens is 6. The third-order valence-electron chi connectivity index (χ3n) is 11.6. The minimum atomic E-state index is -1.41. The van der Waals surface area contributed by atoms with Crippen molar-refractivity contribution in [3.05, 3.63) is 132 Å². The summed E-state index contributed by atoms with van der Waals surface area (Å²) in [4.78, 5) is 74.3. The van der Waals surface area contributed by atoms with Crippen molar-refractivity contribution in [3.63, 3.8) is 0 Å². The van der Waals surface area contributed by atoms with Crippen LogP contribution in [0.5, 0.6) is 11.8 Å². The van der Waals surface area contributed by atoms with E-state index in [1.165, 1.54) is 25.0 Å². The van der Waals surface area contributed by atoms with Gasteiger partial charge in [0.25, 0.3) is 5.91 Å². The van der Waals surface area contributed by atoms with Crippen LogP contribution >= 0.6 is 0 Å². The Bertz CT molecular complexity index is 3080. The number of rotatable bonds is 11. The van der Waals surface area contributed by atoms with Crippen LogP contribution in [0.4, 0.5) is 47.3 Å². The molecule has 2 saturated heterocycles. The van der Waals surface area contributed by atoms with E-state index in [-0.39, 0.29) is 50.8 Å². The summed E-state index contributed by atoms with van der Waals surface area (Å²) in [6.07, 6.45) is 8.07. The number of nitrogens with zero attached hydrogens (tertiary/aromatic N) is 8. The lowest BCUT2D eigenvalue weighted by Gasteiger charge is -2.33. The van der Waals surface area contributed by atoms with Gasteiger partial charge in [-0.05, 0) is 128 Å². The van der Waals surface area contributed by atoms with Gasteiger partial charge in [-0.3, -0.25) is 4.79 Å². The van der Waals surface area contributed by atoms with E-state index < -0.39 is 86.2 Å². The van der Waals surface area contributed by atoms with Gasteiger partial charge < -0.3 is 44.9 Å². The van der Waals surface area contributed by atoms with E-state index in [1.807, 2.05) is 41.5 Å². The Balaban J connectivity index is 0.000000284. The first kappa shape index (κ1) is 62.2. The molecule has 6 aromatic rings. The predicted molar refractivity (Wildman–Crippen MR) is 283 cm³/mol. The molecule has 430 valence electrons. The van der Waals surface area contributed by atoms with Crippen molar-refractivity contribution in [2.75, 3.05) is 50.4 Å². The van der Waals surface area contributed by atoms with Gasteiger partial charge >= 0.3 is 18.2 Å².